The highest BCUT2D eigenvalue weighted by Crippen LogP contribution is 2.29. The molecule has 0 aliphatic heterocycles. The third kappa shape index (κ3) is 7.52. The van der Waals surface area contributed by atoms with Gasteiger partial charge in [-0.15, -0.1) is 0 Å². The highest BCUT2D eigenvalue weighted by atomic mass is 16.5. The van der Waals surface area contributed by atoms with Crippen LogP contribution < -0.4 is 14.8 Å². The van der Waals surface area contributed by atoms with Crippen LogP contribution in [0, 0.1) is 5.92 Å². The first kappa shape index (κ1) is 24.6. The van der Waals surface area contributed by atoms with E-state index in [1.54, 1.807) is 37.5 Å². The molecule has 34 heavy (non-hydrogen) atoms. The molecule has 0 fully saturated rings. The third-order valence-electron chi connectivity index (χ3n) is 4.79. The molecule has 3 aromatic carbocycles. The van der Waals surface area contributed by atoms with Crippen LogP contribution in [0.2, 0.25) is 0 Å². The number of ether oxygens (including phenoxy) is 3. The van der Waals surface area contributed by atoms with Crippen LogP contribution in [0.4, 0.5) is 5.69 Å². The lowest BCUT2D eigenvalue weighted by molar-refractivity contribution is -0.111. The maximum absolute atomic E-state index is 12.3. The number of methoxy groups -OCH3 is 1. The Balaban J connectivity index is 1.56. The predicted molar refractivity (Wildman–Crippen MR) is 133 cm³/mol. The Hall–Kier alpha value is -4.06. The first-order valence-electron chi connectivity index (χ1n) is 11.1. The molecule has 0 radical (unpaired) electrons. The Morgan fingerprint density at radius 3 is 2.35 bits per heavy atom. The van der Waals surface area contributed by atoms with Crippen molar-refractivity contribution in [1.82, 2.24) is 0 Å². The number of carbonyl (C=O) groups excluding carboxylic acids is 2. The highest BCUT2D eigenvalue weighted by Gasteiger charge is 2.09. The van der Waals surface area contributed by atoms with Gasteiger partial charge in [-0.3, -0.25) is 4.79 Å². The molecule has 0 atom stereocenters. The maximum atomic E-state index is 12.3. The minimum absolute atomic E-state index is 0.271. The van der Waals surface area contributed by atoms with Crippen molar-refractivity contribution in [2.75, 3.05) is 19.0 Å². The zero-order valence-electron chi connectivity index (χ0n) is 19.6. The average Bonchev–Trinajstić information content (AvgIpc) is 2.86. The summed E-state index contributed by atoms with van der Waals surface area (Å²) >= 11 is 0. The molecular formula is C28H29NO5. The van der Waals surface area contributed by atoms with Crippen molar-refractivity contribution in [1.29, 1.82) is 0 Å². The molecule has 0 saturated heterocycles. The van der Waals surface area contributed by atoms with Crippen LogP contribution in [-0.2, 0) is 16.1 Å². The standard InChI is InChI=1S/C28H29NO5/c1-20(2)18-34-28(31)23-11-13-24(14-12-23)29-27(30)16-10-21-9-15-25(26(17-21)32-3)33-19-22-7-5-4-6-8-22/h4-17,20H,18-19H2,1-3H3,(H,29,30). The molecule has 6 heteroatoms. The van der Waals surface area contributed by atoms with Gasteiger partial charge in [0.2, 0.25) is 5.91 Å². The second-order valence-corrected chi connectivity index (χ2v) is 8.08. The lowest BCUT2D eigenvalue weighted by Crippen LogP contribution is -2.11. The van der Waals surface area contributed by atoms with Crippen LogP contribution in [0.3, 0.4) is 0 Å². The van der Waals surface area contributed by atoms with Crippen molar-refractivity contribution < 1.29 is 23.8 Å². The largest absolute Gasteiger partial charge is 0.493 e. The van der Waals surface area contributed by atoms with E-state index >= 15 is 0 Å². The van der Waals surface area contributed by atoms with E-state index in [1.807, 2.05) is 62.4 Å². The van der Waals surface area contributed by atoms with Crippen LogP contribution in [0.1, 0.15) is 35.3 Å². The molecule has 6 nitrogen and oxygen atoms in total. The summed E-state index contributed by atoms with van der Waals surface area (Å²) in [6.45, 7) is 4.75. The van der Waals surface area contributed by atoms with Gasteiger partial charge < -0.3 is 19.5 Å². The van der Waals surface area contributed by atoms with Gasteiger partial charge in [-0.1, -0.05) is 50.2 Å². The summed E-state index contributed by atoms with van der Waals surface area (Å²) in [6.07, 6.45) is 3.13. The Labute approximate surface area is 200 Å². The number of hydrogen-bond donors (Lipinski definition) is 1. The van der Waals surface area contributed by atoms with Crippen molar-refractivity contribution in [3.63, 3.8) is 0 Å². The molecule has 3 aromatic rings. The van der Waals surface area contributed by atoms with Crippen molar-refractivity contribution in [2.45, 2.75) is 20.5 Å². The van der Waals surface area contributed by atoms with E-state index in [-0.39, 0.29) is 17.8 Å². The monoisotopic (exact) mass is 459 g/mol. The van der Waals surface area contributed by atoms with Gasteiger partial charge in [0.05, 0.1) is 19.3 Å². The molecule has 0 aliphatic rings. The van der Waals surface area contributed by atoms with Crippen molar-refractivity contribution in [2.24, 2.45) is 5.92 Å². The van der Waals surface area contributed by atoms with E-state index in [0.29, 0.717) is 36.0 Å². The fourth-order valence-corrected chi connectivity index (χ4v) is 3.01. The third-order valence-corrected chi connectivity index (χ3v) is 4.79. The van der Waals surface area contributed by atoms with Crippen molar-refractivity contribution in [3.05, 3.63) is 95.6 Å². The van der Waals surface area contributed by atoms with Crippen LogP contribution in [-0.4, -0.2) is 25.6 Å². The highest BCUT2D eigenvalue weighted by molar-refractivity contribution is 6.02. The minimum atomic E-state index is -0.378. The van der Waals surface area contributed by atoms with E-state index in [2.05, 4.69) is 5.32 Å². The number of hydrogen-bond acceptors (Lipinski definition) is 5. The molecule has 176 valence electrons. The Morgan fingerprint density at radius 2 is 1.68 bits per heavy atom. The summed E-state index contributed by atoms with van der Waals surface area (Å²) in [5, 5.41) is 2.77. The molecule has 0 unspecified atom stereocenters. The van der Waals surface area contributed by atoms with E-state index in [9.17, 15) is 9.59 Å². The number of nitrogens with one attached hydrogen (secondary N) is 1. The normalized spacial score (nSPS) is 10.8. The Bertz CT molecular complexity index is 1120. The summed E-state index contributed by atoms with van der Waals surface area (Å²) in [6, 6.07) is 21.9. The summed E-state index contributed by atoms with van der Waals surface area (Å²) < 4.78 is 16.5. The summed E-state index contributed by atoms with van der Waals surface area (Å²) in [5.41, 5.74) is 2.88. The van der Waals surface area contributed by atoms with Crippen molar-refractivity contribution in [3.8, 4) is 11.5 Å². The van der Waals surface area contributed by atoms with Gasteiger partial charge >= 0.3 is 5.97 Å². The number of rotatable bonds is 10. The van der Waals surface area contributed by atoms with Gasteiger partial charge in [0.15, 0.2) is 11.5 Å². The summed E-state index contributed by atoms with van der Waals surface area (Å²) in [7, 11) is 1.58. The van der Waals surface area contributed by atoms with Crippen LogP contribution in [0.15, 0.2) is 78.9 Å². The lowest BCUT2D eigenvalue weighted by Gasteiger charge is -2.11. The molecule has 0 aliphatic carbocycles. The number of anilines is 1. The first-order chi connectivity index (χ1) is 16.4. The zero-order chi connectivity index (χ0) is 24.3. The number of amides is 1. The van der Waals surface area contributed by atoms with E-state index < -0.39 is 0 Å². The Morgan fingerprint density at radius 1 is 0.941 bits per heavy atom. The summed E-state index contributed by atoms with van der Waals surface area (Å²) in [5.74, 6) is 0.806. The molecule has 3 rings (SSSR count). The topological polar surface area (TPSA) is 73.9 Å². The fourth-order valence-electron chi connectivity index (χ4n) is 3.01. The molecule has 1 amide bonds. The molecule has 0 saturated carbocycles. The van der Waals surface area contributed by atoms with Gasteiger partial charge in [0.25, 0.3) is 0 Å². The van der Waals surface area contributed by atoms with E-state index in [1.165, 1.54) is 6.08 Å². The SMILES string of the molecule is COc1cc(C=CC(=O)Nc2ccc(C(=O)OCC(C)C)cc2)ccc1OCc1ccccc1. The number of benzene rings is 3. The fraction of sp³-hybridized carbons (Fsp3) is 0.214. The molecule has 0 aromatic heterocycles. The first-order valence-corrected chi connectivity index (χ1v) is 11.1. The molecule has 1 N–H and O–H groups in total. The summed E-state index contributed by atoms with van der Waals surface area (Å²) in [4.78, 5) is 24.3. The van der Waals surface area contributed by atoms with E-state index in [4.69, 9.17) is 14.2 Å². The maximum Gasteiger partial charge on any atom is 0.338 e. The number of carbonyl (C=O) groups is 2. The quantitative estimate of drug-likeness (QED) is 0.309. The molecular weight excluding hydrogens is 430 g/mol. The second kappa shape index (κ2) is 12.3. The van der Waals surface area contributed by atoms with Gasteiger partial charge in [0, 0.05) is 11.8 Å². The van der Waals surface area contributed by atoms with Gasteiger partial charge in [-0.2, -0.15) is 0 Å². The van der Waals surface area contributed by atoms with Crippen LogP contribution in [0.25, 0.3) is 6.08 Å². The molecule has 0 spiro atoms. The zero-order valence-corrected chi connectivity index (χ0v) is 19.6. The van der Waals surface area contributed by atoms with Crippen LogP contribution >= 0.6 is 0 Å². The smallest absolute Gasteiger partial charge is 0.338 e. The molecule has 0 bridgehead atoms. The van der Waals surface area contributed by atoms with Gasteiger partial charge in [0.1, 0.15) is 6.61 Å². The predicted octanol–water partition coefficient (Wildman–Crippen LogP) is 5.74. The van der Waals surface area contributed by atoms with Crippen molar-refractivity contribution >= 4 is 23.6 Å². The Kier molecular flexibility index (Phi) is 8.86. The van der Waals surface area contributed by atoms with Gasteiger partial charge in [-0.25, -0.2) is 4.79 Å². The van der Waals surface area contributed by atoms with Crippen LogP contribution in [0.5, 0.6) is 11.5 Å². The lowest BCUT2D eigenvalue weighted by atomic mass is 10.1. The average molecular weight is 460 g/mol. The minimum Gasteiger partial charge on any atom is -0.493 e. The number of esters is 1. The molecule has 0 heterocycles. The second-order valence-electron chi connectivity index (χ2n) is 8.08. The van der Waals surface area contributed by atoms with E-state index in [0.717, 1.165) is 11.1 Å². The van der Waals surface area contributed by atoms with Gasteiger partial charge in [-0.05, 0) is 59.5 Å².